The molecule has 26 heavy (non-hydrogen) atoms. The number of anilines is 1. The van der Waals surface area contributed by atoms with Gasteiger partial charge in [-0.3, -0.25) is 4.79 Å². The highest BCUT2D eigenvalue weighted by Gasteiger charge is 2.34. The molecule has 0 bridgehead atoms. The van der Waals surface area contributed by atoms with Crippen LogP contribution in [0.4, 0.5) is 23.2 Å². The van der Waals surface area contributed by atoms with Gasteiger partial charge in [0.15, 0.2) is 11.5 Å². The van der Waals surface area contributed by atoms with Gasteiger partial charge in [0.25, 0.3) is 5.91 Å². The van der Waals surface area contributed by atoms with E-state index in [1.807, 2.05) is 0 Å². The van der Waals surface area contributed by atoms with Crippen molar-refractivity contribution in [2.75, 3.05) is 26.6 Å². The van der Waals surface area contributed by atoms with Gasteiger partial charge in [0, 0.05) is 23.4 Å². The molecule has 0 fully saturated rings. The van der Waals surface area contributed by atoms with E-state index in [0.717, 1.165) is 6.07 Å². The lowest BCUT2D eigenvalue weighted by Crippen LogP contribution is -2.15. The zero-order valence-electron chi connectivity index (χ0n) is 14.0. The molecule has 0 radical (unpaired) electrons. The Bertz CT molecular complexity index is 796. The Balaban J connectivity index is 2.36. The largest absolute Gasteiger partial charge is 0.493 e. The van der Waals surface area contributed by atoms with E-state index in [0.29, 0.717) is 12.1 Å². The molecule has 9 heteroatoms. The first-order valence-electron chi connectivity index (χ1n) is 7.19. The summed E-state index contributed by atoms with van der Waals surface area (Å²) >= 11 is 0. The minimum atomic E-state index is -4.91. The Labute approximate surface area is 146 Å². The van der Waals surface area contributed by atoms with Gasteiger partial charge in [-0.2, -0.15) is 13.2 Å². The van der Waals surface area contributed by atoms with E-state index in [4.69, 9.17) is 14.2 Å². The highest BCUT2D eigenvalue weighted by molar-refractivity contribution is 6.04. The average Bonchev–Trinajstić information content (AvgIpc) is 2.59. The summed E-state index contributed by atoms with van der Waals surface area (Å²) in [4.78, 5) is 12.2. The maximum Gasteiger partial charge on any atom is 0.419 e. The van der Waals surface area contributed by atoms with Gasteiger partial charge in [-0.05, 0) is 18.2 Å². The van der Waals surface area contributed by atoms with Crippen LogP contribution in [0.3, 0.4) is 0 Å². The fourth-order valence-corrected chi connectivity index (χ4v) is 2.24. The van der Waals surface area contributed by atoms with E-state index >= 15 is 0 Å². The first kappa shape index (κ1) is 19.4. The molecule has 2 aromatic carbocycles. The number of hydrogen-bond donors (Lipinski definition) is 1. The quantitative estimate of drug-likeness (QED) is 0.801. The van der Waals surface area contributed by atoms with Gasteiger partial charge in [0.2, 0.25) is 5.75 Å². The van der Waals surface area contributed by atoms with Crippen molar-refractivity contribution in [2.45, 2.75) is 6.18 Å². The lowest BCUT2D eigenvalue weighted by atomic mass is 10.1. The Morgan fingerprint density at radius 1 is 0.962 bits per heavy atom. The van der Waals surface area contributed by atoms with Crippen molar-refractivity contribution in [2.24, 2.45) is 0 Å². The minimum absolute atomic E-state index is 0.197. The number of rotatable bonds is 5. The first-order valence-corrected chi connectivity index (χ1v) is 7.19. The van der Waals surface area contributed by atoms with Crippen molar-refractivity contribution in [1.82, 2.24) is 0 Å². The van der Waals surface area contributed by atoms with Crippen molar-refractivity contribution in [3.63, 3.8) is 0 Å². The van der Waals surface area contributed by atoms with E-state index < -0.39 is 23.5 Å². The van der Waals surface area contributed by atoms with Gasteiger partial charge in [-0.25, -0.2) is 4.39 Å². The molecule has 1 N–H and O–H groups in total. The van der Waals surface area contributed by atoms with Crippen LogP contribution < -0.4 is 19.5 Å². The molecule has 0 aliphatic carbocycles. The van der Waals surface area contributed by atoms with Gasteiger partial charge in [-0.15, -0.1) is 0 Å². The van der Waals surface area contributed by atoms with E-state index in [9.17, 15) is 22.4 Å². The Kier molecular flexibility index (Phi) is 5.59. The molecule has 0 aromatic heterocycles. The van der Waals surface area contributed by atoms with Crippen LogP contribution in [0.25, 0.3) is 0 Å². The van der Waals surface area contributed by atoms with Gasteiger partial charge >= 0.3 is 6.18 Å². The summed E-state index contributed by atoms with van der Waals surface area (Å²) in [6, 6.07) is 4.81. The Morgan fingerprint density at radius 2 is 1.54 bits per heavy atom. The van der Waals surface area contributed by atoms with Crippen LogP contribution in [0.2, 0.25) is 0 Å². The zero-order chi connectivity index (χ0) is 19.5. The topological polar surface area (TPSA) is 56.8 Å². The molecule has 0 saturated heterocycles. The molecule has 0 aliphatic heterocycles. The summed E-state index contributed by atoms with van der Waals surface area (Å²) in [7, 11) is 4.15. The van der Waals surface area contributed by atoms with Crippen LogP contribution in [0, 0.1) is 5.82 Å². The second kappa shape index (κ2) is 7.51. The molecule has 2 aromatic rings. The number of amides is 1. The number of nitrogens with one attached hydrogen (secondary N) is 1. The lowest BCUT2D eigenvalue weighted by Gasteiger charge is -2.15. The van der Waals surface area contributed by atoms with Crippen LogP contribution >= 0.6 is 0 Å². The summed E-state index contributed by atoms with van der Waals surface area (Å²) in [5, 5.41) is 2.41. The standard InChI is InChI=1S/C17H15F4NO4/c1-24-13-7-10(8-14(25-2)15(13)26-3)22-16(23)9-4-5-12(18)11(6-9)17(19,20)21/h4-8H,1-3H3,(H,22,23). The predicted octanol–water partition coefficient (Wildman–Crippen LogP) is 4.12. The molecule has 5 nitrogen and oxygen atoms in total. The number of hydrogen-bond acceptors (Lipinski definition) is 4. The highest BCUT2D eigenvalue weighted by atomic mass is 19.4. The van der Waals surface area contributed by atoms with Crippen LogP contribution in [0.5, 0.6) is 17.2 Å². The maximum atomic E-state index is 13.3. The van der Waals surface area contributed by atoms with Crippen LogP contribution in [-0.4, -0.2) is 27.2 Å². The fraction of sp³-hybridized carbons (Fsp3) is 0.235. The van der Waals surface area contributed by atoms with Crippen molar-refractivity contribution >= 4 is 11.6 Å². The molecule has 0 heterocycles. The lowest BCUT2D eigenvalue weighted by molar-refractivity contribution is -0.140. The average molecular weight is 373 g/mol. The smallest absolute Gasteiger partial charge is 0.419 e. The fourth-order valence-electron chi connectivity index (χ4n) is 2.24. The van der Waals surface area contributed by atoms with Gasteiger partial charge in [0.1, 0.15) is 5.82 Å². The van der Waals surface area contributed by atoms with Crippen molar-refractivity contribution < 1.29 is 36.6 Å². The van der Waals surface area contributed by atoms with Crippen LogP contribution in [0.15, 0.2) is 30.3 Å². The third-order valence-electron chi connectivity index (χ3n) is 3.46. The number of ether oxygens (including phenoxy) is 3. The summed E-state index contributed by atoms with van der Waals surface area (Å²) in [5.41, 5.74) is -1.68. The highest BCUT2D eigenvalue weighted by Crippen LogP contribution is 2.40. The minimum Gasteiger partial charge on any atom is -0.493 e. The number of carbonyl (C=O) groups is 1. The molecule has 0 saturated carbocycles. The molecular weight excluding hydrogens is 358 g/mol. The summed E-state index contributed by atoms with van der Waals surface area (Å²) < 4.78 is 67.1. The van der Waals surface area contributed by atoms with E-state index in [1.165, 1.54) is 33.5 Å². The molecule has 140 valence electrons. The zero-order valence-corrected chi connectivity index (χ0v) is 14.0. The molecule has 0 atom stereocenters. The summed E-state index contributed by atoms with van der Waals surface area (Å²) in [5.74, 6) is -1.53. The normalized spacial score (nSPS) is 11.0. The van der Waals surface area contributed by atoms with Crippen LogP contribution in [-0.2, 0) is 6.18 Å². The number of carbonyl (C=O) groups excluding carboxylic acids is 1. The van der Waals surface area contributed by atoms with E-state index in [1.54, 1.807) is 0 Å². The molecular formula is C17H15F4NO4. The number of benzene rings is 2. The SMILES string of the molecule is COc1cc(NC(=O)c2ccc(F)c(C(F)(F)F)c2)cc(OC)c1OC. The first-order chi connectivity index (χ1) is 12.2. The van der Waals surface area contributed by atoms with Crippen LogP contribution in [0.1, 0.15) is 15.9 Å². The predicted molar refractivity (Wildman–Crippen MR) is 85.5 cm³/mol. The van der Waals surface area contributed by atoms with E-state index in [2.05, 4.69) is 5.32 Å². The van der Waals surface area contributed by atoms with Crippen molar-refractivity contribution in [3.8, 4) is 17.2 Å². The molecule has 0 aliphatic rings. The van der Waals surface area contributed by atoms with Gasteiger partial charge < -0.3 is 19.5 Å². The molecule has 2 rings (SSSR count). The number of alkyl halides is 3. The third-order valence-corrected chi connectivity index (χ3v) is 3.46. The maximum absolute atomic E-state index is 13.3. The summed E-state index contributed by atoms with van der Waals surface area (Å²) in [6.07, 6.45) is -4.91. The number of methoxy groups -OCH3 is 3. The Hall–Kier alpha value is -2.97. The monoisotopic (exact) mass is 373 g/mol. The van der Waals surface area contributed by atoms with Crippen molar-refractivity contribution in [3.05, 3.63) is 47.3 Å². The third kappa shape index (κ3) is 3.98. The second-order valence-electron chi connectivity index (χ2n) is 5.06. The van der Waals surface area contributed by atoms with Gasteiger partial charge in [0.05, 0.1) is 26.9 Å². The Morgan fingerprint density at radius 3 is 2.00 bits per heavy atom. The second-order valence-corrected chi connectivity index (χ2v) is 5.06. The van der Waals surface area contributed by atoms with Gasteiger partial charge in [-0.1, -0.05) is 0 Å². The van der Waals surface area contributed by atoms with E-state index in [-0.39, 0.29) is 28.5 Å². The molecule has 1 amide bonds. The summed E-state index contributed by atoms with van der Waals surface area (Å²) in [6.45, 7) is 0. The molecule has 0 unspecified atom stereocenters. The van der Waals surface area contributed by atoms with Crippen molar-refractivity contribution in [1.29, 1.82) is 0 Å². The molecule has 0 spiro atoms. The number of halogens is 4.